The van der Waals surface area contributed by atoms with E-state index < -0.39 is 12.5 Å². The van der Waals surface area contributed by atoms with Gasteiger partial charge in [-0.25, -0.2) is 8.78 Å². The molecule has 0 saturated carbocycles. The van der Waals surface area contributed by atoms with Crippen LogP contribution in [0.4, 0.5) is 8.78 Å². The average molecular weight is 121 g/mol. The summed E-state index contributed by atoms with van der Waals surface area (Å²) < 4.78 is 23.5. The minimum atomic E-state index is -3.20. The average Bonchev–Trinajstić information content (AvgIpc) is 1.67. The van der Waals surface area contributed by atoms with Crippen LogP contribution >= 0.6 is 0 Å². The first-order valence-corrected chi connectivity index (χ1v) is 2.06. The van der Waals surface area contributed by atoms with Gasteiger partial charge in [-0.1, -0.05) is 6.92 Å². The van der Waals surface area contributed by atoms with Crippen molar-refractivity contribution >= 4 is 0 Å². The van der Waals surface area contributed by atoms with Crippen LogP contribution in [0.1, 0.15) is 13.3 Å². The van der Waals surface area contributed by atoms with E-state index in [1.807, 2.05) is 4.91 Å². The summed E-state index contributed by atoms with van der Waals surface area (Å²) in [6.07, 6.45) is -0.447. The van der Waals surface area contributed by atoms with Gasteiger partial charge in [0.25, 0.3) is 0 Å². The van der Waals surface area contributed by atoms with Gasteiger partial charge in [0.15, 0.2) is 0 Å². The zero-order valence-corrected chi connectivity index (χ0v) is 4.30. The third-order valence-electron chi connectivity index (χ3n) is 0.616. The number of hydrogen-bond acceptors (Lipinski definition) is 1. The fraction of sp³-hybridized carbons (Fsp3) is 1.00. The molecule has 0 fully saturated rings. The predicted octanol–water partition coefficient (Wildman–Crippen LogP) is 2.30. The van der Waals surface area contributed by atoms with Gasteiger partial charge in [-0.05, 0) is 10.6 Å². The minimum Gasteiger partial charge on any atom is -0.200 e. The van der Waals surface area contributed by atoms with E-state index in [4.69, 9.17) is 5.53 Å². The lowest BCUT2D eigenvalue weighted by molar-refractivity contribution is 0.00490. The molecule has 0 spiro atoms. The Morgan fingerprint density at radius 2 is 2.25 bits per heavy atom. The van der Waals surface area contributed by atoms with Crippen LogP contribution in [-0.2, 0) is 0 Å². The van der Waals surface area contributed by atoms with E-state index >= 15 is 0 Å². The number of azide groups is 1. The third-order valence-corrected chi connectivity index (χ3v) is 0.616. The molecule has 0 aliphatic carbocycles. The molecule has 8 heavy (non-hydrogen) atoms. The van der Waals surface area contributed by atoms with Crippen LogP contribution in [0.3, 0.4) is 0 Å². The highest BCUT2D eigenvalue weighted by Gasteiger charge is 2.22. The van der Waals surface area contributed by atoms with E-state index in [-0.39, 0.29) is 0 Å². The highest BCUT2D eigenvalue weighted by molar-refractivity contribution is 4.59. The van der Waals surface area contributed by atoms with Crippen molar-refractivity contribution in [1.29, 1.82) is 0 Å². The van der Waals surface area contributed by atoms with Crippen molar-refractivity contribution in [2.45, 2.75) is 19.4 Å². The van der Waals surface area contributed by atoms with Gasteiger partial charge in [0, 0.05) is 11.3 Å². The molecule has 0 aromatic rings. The van der Waals surface area contributed by atoms with Crippen LogP contribution < -0.4 is 0 Å². The molecular weight excluding hydrogens is 116 g/mol. The monoisotopic (exact) mass is 121 g/mol. The molecule has 0 radical (unpaired) electrons. The predicted molar refractivity (Wildman–Crippen MR) is 24.4 cm³/mol. The highest BCUT2D eigenvalue weighted by Crippen LogP contribution is 2.18. The van der Waals surface area contributed by atoms with Crippen molar-refractivity contribution < 1.29 is 8.78 Å². The van der Waals surface area contributed by atoms with Crippen LogP contribution in [-0.4, -0.2) is 6.05 Å². The van der Waals surface area contributed by atoms with Crippen molar-refractivity contribution in [1.82, 2.24) is 0 Å². The van der Waals surface area contributed by atoms with Gasteiger partial charge < -0.3 is 0 Å². The summed E-state index contributed by atoms with van der Waals surface area (Å²) in [5.41, 5.74) is 7.51. The zero-order valence-electron chi connectivity index (χ0n) is 4.30. The van der Waals surface area contributed by atoms with Crippen LogP contribution in [0.2, 0.25) is 0 Å². The number of hydrogen-bond donors (Lipinski definition) is 0. The Hall–Kier alpha value is -0.830. The summed E-state index contributed by atoms with van der Waals surface area (Å²) in [5, 5.41) is 2.22. The molecule has 0 unspecified atom stereocenters. The quantitative estimate of drug-likeness (QED) is 0.233. The lowest BCUT2D eigenvalue weighted by Crippen LogP contribution is -2.07. The Morgan fingerprint density at radius 1 is 1.75 bits per heavy atom. The fourth-order valence-electron chi connectivity index (χ4n) is 0.136. The second-order valence-corrected chi connectivity index (χ2v) is 1.21. The SMILES string of the molecule is CCC(F)(F)N=[N+]=[N-]. The van der Waals surface area contributed by atoms with Crippen molar-refractivity contribution in [2.24, 2.45) is 5.11 Å². The lowest BCUT2D eigenvalue weighted by Gasteiger charge is -2.02. The standard InChI is InChI=1S/C3H5F2N3/c1-2-3(4,5)7-8-6/h2H2,1H3. The first-order chi connectivity index (χ1) is 3.62. The van der Waals surface area contributed by atoms with Crippen LogP contribution in [0.15, 0.2) is 5.11 Å². The first-order valence-electron chi connectivity index (χ1n) is 2.06. The maximum Gasteiger partial charge on any atom is 0.325 e. The Morgan fingerprint density at radius 3 is 2.38 bits per heavy atom. The molecule has 3 nitrogen and oxygen atoms in total. The van der Waals surface area contributed by atoms with E-state index in [2.05, 4.69) is 5.11 Å². The lowest BCUT2D eigenvalue weighted by atomic mass is 10.4. The number of nitrogens with zero attached hydrogens (tertiary/aromatic N) is 3. The van der Waals surface area contributed by atoms with Gasteiger partial charge in [0.1, 0.15) is 0 Å². The molecule has 0 aliphatic rings. The van der Waals surface area contributed by atoms with Crippen LogP contribution in [0.25, 0.3) is 10.4 Å². The van der Waals surface area contributed by atoms with Gasteiger partial charge in [0.05, 0.1) is 0 Å². The number of rotatable bonds is 2. The number of halogens is 2. The van der Waals surface area contributed by atoms with Crippen molar-refractivity contribution in [3.8, 4) is 0 Å². The summed E-state index contributed by atoms with van der Waals surface area (Å²) in [5.74, 6) is 0. The normalized spacial score (nSPS) is 10.4. The van der Waals surface area contributed by atoms with Crippen molar-refractivity contribution in [3.63, 3.8) is 0 Å². The van der Waals surface area contributed by atoms with Gasteiger partial charge in [-0.15, -0.1) is 0 Å². The van der Waals surface area contributed by atoms with E-state index in [1.165, 1.54) is 6.92 Å². The molecule has 0 bridgehead atoms. The van der Waals surface area contributed by atoms with Crippen LogP contribution in [0, 0.1) is 0 Å². The Labute approximate surface area is 44.9 Å². The largest absolute Gasteiger partial charge is 0.325 e. The van der Waals surface area contributed by atoms with Gasteiger partial charge in [-0.2, -0.15) is 0 Å². The molecular formula is C3H5F2N3. The molecule has 0 aromatic carbocycles. The van der Waals surface area contributed by atoms with Crippen molar-refractivity contribution in [2.75, 3.05) is 0 Å². The molecule has 5 heteroatoms. The van der Waals surface area contributed by atoms with Gasteiger partial charge in [-0.3, -0.25) is 0 Å². The zero-order chi connectivity index (χ0) is 6.62. The summed E-state index contributed by atoms with van der Waals surface area (Å²) in [6, 6.07) is -3.20. The molecule has 0 rings (SSSR count). The highest BCUT2D eigenvalue weighted by atomic mass is 19.3. The topological polar surface area (TPSA) is 48.8 Å². The van der Waals surface area contributed by atoms with Gasteiger partial charge in [0.2, 0.25) is 0 Å². The molecule has 0 aliphatic heterocycles. The molecule has 0 N–H and O–H groups in total. The van der Waals surface area contributed by atoms with Crippen LogP contribution in [0.5, 0.6) is 0 Å². The summed E-state index contributed by atoms with van der Waals surface area (Å²) in [4.78, 5) is 1.95. The Balaban J connectivity index is 3.90. The second-order valence-electron chi connectivity index (χ2n) is 1.21. The molecule has 0 heterocycles. The molecule has 0 saturated heterocycles. The minimum absolute atomic E-state index is 0.447. The summed E-state index contributed by atoms with van der Waals surface area (Å²) in [7, 11) is 0. The Bertz CT molecular complexity index is 116. The fourth-order valence-corrected chi connectivity index (χ4v) is 0.136. The van der Waals surface area contributed by atoms with E-state index in [0.717, 1.165) is 0 Å². The van der Waals surface area contributed by atoms with Gasteiger partial charge >= 0.3 is 6.05 Å². The third kappa shape index (κ3) is 2.36. The summed E-state index contributed by atoms with van der Waals surface area (Å²) in [6.45, 7) is 1.24. The molecule has 0 atom stereocenters. The van der Waals surface area contributed by atoms with Crippen molar-refractivity contribution in [3.05, 3.63) is 10.4 Å². The molecule has 46 valence electrons. The second kappa shape index (κ2) is 2.47. The first kappa shape index (κ1) is 7.17. The maximum atomic E-state index is 11.7. The Kier molecular flexibility index (Phi) is 2.21. The van der Waals surface area contributed by atoms with E-state index in [1.54, 1.807) is 0 Å². The number of alkyl halides is 2. The maximum absolute atomic E-state index is 11.7. The summed E-state index contributed by atoms with van der Waals surface area (Å²) >= 11 is 0. The van der Waals surface area contributed by atoms with E-state index in [9.17, 15) is 8.78 Å². The molecule has 0 amide bonds. The van der Waals surface area contributed by atoms with E-state index in [0.29, 0.717) is 0 Å². The molecule has 0 aromatic heterocycles. The smallest absolute Gasteiger partial charge is 0.200 e.